The van der Waals surface area contributed by atoms with Crippen LogP contribution in [0.1, 0.15) is 26.3 Å². The number of carbonyl (C=O) groups is 3. The first kappa shape index (κ1) is 21.4. The van der Waals surface area contributed by atoms with Gasteiger partial charge >= 0.3 is 5.97 Å². The summed E-state index contributed by atoms with van der Waals surface area (Å²) in [6.45, 7) is 2.05. The molecule has 0 aliphatic carbocycles. The largest absolute Gasteiger partial charge is 0.484 e. The molecule has 1 aliphatic rings. The number of benzene rings is 2. The van der Waals surface area contributed by atoms with Crippen LogP contribution in [0.25, 0.3) is 10.8 Å². The molecule has 32 heavy (non-hydrogen) atoms. The van der Waals surface area contributed by atoms with E-state index in [1.54, 1.807) is 13.0 Å². The summed E-state index contributed by atoms with van der Waals surface area (Å²) in [5, 5.41) is 2.05. The monoisotopic (exact) mass is 456 g/mol. The van der Waals surface area contributed by atoms with Gasteiger partial charge in [-0.3, -0.25) is 20.4 Å². The molecular formula is C22H20N2O7S. The van der Waals surface area contributed by atoms with Crippen molar-refractivity contribution in [1.29, 1.82) is 0 Å². The Balaban J connectivity index is 1.36. The van der Waals surface area contributed by atoms with Crippen LogP contribution in [0.2, 0.25) is 0 Å². The van der Waals surface area contributed by atoms with Crippen molar-refractivity contribution in [2.45, 2.75) is 6.92 Å². The van der Waals surface area contributed by atoms with Gasteiger partial charge in [-0.25, -0.2) is 4.79 Å². The summed E-state index contributed by atoms with van der Waals surface area (Å²) < 4.78 is 21.5. The van der Waals surface area contributed by atoms with Crippen LogP contribution < -0.4 is 25.1 Å². The number of hydrogen-bond acceptors (Lipinski definition) is 8. The topological polar surface area (TPSA) is 112 Å². The maximum absolute atomic E-state index is 12.6. The number of hydrazine groups is 1. The first-order valence-corrected chi connectivity index (χ1v) is 10.7. The Morgan fingerprint density at radius 2 is 1.69 bits per heavy atom. The molecule has 0 fully saturated rings. The third-order valence-electron chi connectivity index (χ3n) is 4.47. The van der Waals surface area contributed by atoms with E-state index in [1.807, 2.05) is 36.4 Å². The van der Waals surface area contributed by atoms with Gasteiger partial charge in [-0.15, -0.1) is 11.3 Å². The van der Waals surface area contributed by atoms with E-state index in [2.05, 4.69) is 10.9 Å². The van der Waals surface area contributed by atoms with E-state index in [-0.39, 0.29) is 47.7 Å². The molecule has 10 heteroatoms. The zero-order valence-corrected chi connectivity index (χ0v) is 18.0. The fourth-order valence-corrected chi connectivity index (χ4v) is 4.04. The fourth-order valence-electron chi connectivity index (χ4n) is 3.06. The highest BCUT2D eigenvalue weighted by Crippen LogP contribution is 2.44. The number of rotatable bonds is 6. The molecule has 1 aliphatic heterocycles. The second-order valence-electron chi connectivity index (χ2n) is 6.64. The third-order valence-corrected chi connectivity index (χ3v) is 5.60. The number of esters is 1. The second kappa shape index (κ2) is 9.56. The van der Waals surface area contributed by atoms with Crippen LogP contribution in [-0.2, 0) is 9.53 Å². The molecule has 2 aromatic carbocycles. The molecule has 2 amide bonds. The molecule has 0 unspecified atom stereocenters. The molecule has 9 nitrogen and oxygen atoms in total. The summed E-state index contributed by atoms with van der Waals surface area (Å²) in [7, 11) is 0. The van der Waals surface area contributed by atoms with E-state index >= 15 is 0 Å². The molecule has 2 N–H and O–H groups in total. The average Bonchev–Trinajstić information content (AvgIpc) is 3.21. The zero-order valence-electron chi connectivity index (χ0n) is 17.1. The molecule has 0 spiro atoms. The molecule has 3 aromatic rings. The Kier molecular flexibility index (Phi) is 6.41. The van der Waals surface area contributed by atoms with Crippen LogP contribution in [0, 0.1) is 0 Å². The van der Waals surface area contributed by atoms with Crippen molar-refractivity contribution in [3.05, 3.63) is 52.2 Å². The van der Waals surface area contributed by atoms with Gasteiger partial charge in [-0.2, -0.15) is 0 Å². The van der Waals surface area contributed by atoms with E-state index in [9.17, 15) is 14.4 Å². The summed E-state index contributed by atoms with van der Waals surface area (Å²) >= 11 is 0.875. The number of hydrogen-bond donors (Lipinski definition) is 2. The van der Waals surface area contributed by atoms with Crippen LogP contribution in [0.15, 0.2) is 42.5 Å². The summed E-state index contributed by atoms with van der Waals surface area (Å²) in [4.78, 5) is 37.1. The summed E-state index contributed by atoms with van der Waals surface area (Å²) in [5.41, 5.74) is 4.59. The molecule has 166 valence electrons. The first-order valence-electron chi connectivity index (χ1n) is 9.87. The smallest absolute Gasteiger partial charge is 0.352 e. The van der Waals surface area contributed by atoms with E-state index in [0.717, 1.165) is 22.1 Å². The minimum Gasteiger partial charge on any atom is -0.484 e. The van der Waals surface area contributed by atoms with Crippen molar-refractivity contribution in [2.75, 3.05) is 26.4 Å². The van der Waals surface area contributed by atoms with Gasteiger partial charge in [0.05, 0.1) is 6.61 Å². The molecule has 4 rings (SSSR count). The van der Waals surface area contributed by atoms with Gasteiger partial charge in [-0.1, -0.05) is 30.3 Å². The van der Waals surface area contributed by atoms with Crippen molar-refractivity contribution in [3.63, 3.8) is 0 Å². The lowest BCUT2D eigenvalue weighted by atomic mass is 10.1. The summed E-state index contributed by atoms with van der Waals surface area (Å²) in [6.07, 6.45) is 0. The van der Waals surface area contributed by atoms with Crippen molar-refractivity contribution >= 4 is 39.9 Å². The van der Waals surface area contributed by atoms with Crippen LogP contribution in [0.4, 0.5) is 0 Å². The molecule has 1 aromatic heterocycles. The van der Waals surface area contributed by atoms with E-state index in [0.29, 0.717) is 5.75 Å². The minimum atomic E-state index is -0.647. The Bertz CT molecular complexity index is 1170. The predicted molar refractivity (Wildman–Crippen MR) is 116 cm³/mol. The van der Waals surface area contributed by atoms with Gasteiger partial charge in [0.2, 0.25) is 0 Å². The molecule has 0 atom stereocenters. The van der Waals surface area contributed by atoms with E-state index in [4.69, 9.17) is 18.9 Å². The van der Waals surface area contributed by atoms with Gasteiger partial charge in [-0.05, 0) is 29.8 Å². The summed E-state index contributed by atoms with van der Waals surface area (Å²) in [6, 6.07) is 13.3. The van der Waals surface area contributed by atoms with Gasteiger partial charge in [0.15, 0.2) is 23.0 Å². The maximum atomic E-state index is 12.6. The third kappa shape index (κ3) is 4.59. The average molecular weight is 456 g/mol. The van der Waals surface area contributed by atoms with Gasteiger partial charge in [0.25, 0.3) is 11.8 Å². The van der Waals surface area contributed by atoms with Crippen LogP contribution in [-0.4, -0.2) is 44.2 Å². The molecular weight excluding hydrogens is 436 g/mol. The number of nitrogens with one attached hydrogen (secondary N) is 2. The Labute approximate surface area is 187 Å². The van der Waals surface area contributed by atoms with Gasteiger partial charge in [0.1, 0.15) is 23.8 Å². The van der Waals surface area contributed by atoms with Crippen LogP contribution in [0.3, 0.4) is 0 Å². The highest BCUT2D eigenvalue weighted by molar-refractivity contribution is 7.16. The Morgan fingerprint density at radius 3 is 2.44 bits per heavy atom. The van der Waals surface area contributed by atoms with Crippen molar-refractivity contribution in [3.8, 4) is 17.2 Å². The SMILES string of the molecule is CCOC(=O)c1sc(C(=O)NNC(=O)COc2ccc3ccccc3c2)c2c1OCCO2. The number of amides is 2. The first-order chi connectivity index (χ1) is 15.6. The Morgan fingerprint density at radius 1 is 0.969 bits per heavy atom. The molecule has 0 saturated heterocycles. The quantitative estimate of drug-likeness (QED) is 0.433. The van der Waals surface area contributed by atoms with Crippen molar-refractivity contribution in [1.82, 2.24) is 10.9 Å². The predicted octanol–water partition coefficient (Wildman–Crippen LogP) is 2.69. The van der Waals surface area contributed by atoms with Crippen LogP contribution >= 0.6 is 11.3 Å². The van der Waals surface area contributed by atoms with Gasteiger partial charge in [0, 0.05) is 0 Å². The van der Waals surface area contributed by atoms with Crippen LogP contribution in [0.5, 0.6) is 17.2 Å². The normalized spacial score (nSPS) is 12.2. The number of fused-ring (bicyclic) bond motifs is 2. The highest BCUT2D eigenvalue weighted by Gasteiger charge is 2.32. The maximum Gasteiger partial charge on any atom is 0.352 e. The summed E-state index contributed by atoms with van der Waals surface area (Å²) in [5.74, 6) is -0.946. The van der Waals surface area contributed by atoms with Crippen molar-refractivity contribution < 1.29 is 33.3 Å². The Hall–Kier alpha value is -3.79. The lowest BCUT2D eigenvalue weighted by Gasteiger charge is -2.16. The van der Waals surface area contributed by atoms with Gasteiger partial charge < -0.3 is 18.9 Å². The van der Waals surface area contributed by atoms with Crippen molar-refractivity contribution in [2.24, 2.45) is 0 Å². The fraction of sp³-hybridized carbons (Fsp3) is 0.227. The number of thiophene rings is 1. The number of ether oxygens (including phenoxy) is 4. The van der Waals surface area contributed by atoms with E-state index in [1.165, 1.54) is 0 Å². The van der Waals surface area contributed by atoms with E-state index < -0.39 is 17.8 Å². The number of carbonyl (C=O) groups excluding carboxylic acids is 3. The minimum absolute atomic E-state index is 0.0958. The standard InChI is InChI=1S/C22H20N2O7S/c1-2-28-22(27)20-18-17(29-9-10-30-18)19(32-20)21(26)24-23-16(25)12-31-15-8-7-13-5-3-4-6-14(13)11-15/h3-8,11H,2,9-10,12H2,1H3,(H,23,25)(H,24,26). The lowest BCUT2D eigenvalue weighted by Crippen LogP contribution is -2.43. The molecule has 0 saturated carbocycles. The molecule has 2 heterocycles. The molecule has 0 radical (unpaired) electrons. The lowest BCUT2D eigenvalue weighted by molar-refractivity contribution is -0.123. The molecule has 0 bridgehead atoms. The second-order valence-corrected chi connectivity index (χ2v) is 7.66. The highest BCUT2D eigenvalue weighted by atomic mass is 32.1. The zero-order chi connectivity index (χ0) is 22.5.